The van der Waals surface area contributed by atoms with Crippen molar-refractivity contribution in [1.29, 1.82) is 0 Å². The molecule has 0 saturated carbocycles. The molecule has 0 atom stereocenters. The summed E-state index contributed by atoms with van der Waals surface area (Å²) < 4.78 is 26.3. The summed E-state index contributed by atoms with van der Waals surface area (Å²) in [4.78, 5) is 26.0. The van der Waals surface area contributed by atoms with Gasteiger partial charge in [-0.15, -0.1) is 0 Å². The van der Waals surface area contributed by atoms with Gasteiger partial charge in [-0.3, -0.25) is 9.59 Å². The van der Waals surface area contributed by atoms with Crippen molar-refractivity contribution >= 4 is 43.7 Å². The molecule has 274 valence electrons. The van der Waals surface area contributed by atoms with Crippen LogP contribution in [0.15, 0.2) is 155 Å². The van der Waals surface area contributed by atoms with Gasteiger partial charge >= 0.3 is 0 Å². The van der Waals surface area contributed by atoms with E-state index in [0.29, 0.717) is 47.2 Å². The first-order valence-corrected chi connectivity index (χ1v) is 19.0. The summed E-state index contributed by atoms with van der Waals surface area (Å²) >= 11 is 7.21. The lowest BCUT2D eigenvalue weighted by atomic mass is 10.0. The predicted molar refractivity (Wildman–Crippen MR) is 217 cm³/mol. The summed E-state index contributed by atoms with van der Waals surface area (Å²) in [6, 6.07) is 45.3. The van der Waals surface area contributed by atoms with Gasteiger partial charge in [-0.2, -0.15) is 0 Å². The molecule has 0 unspecified atom stereocenters. The van der Waals surface area contributed by atoms with Crippen LogP contribution < -0.4 is 29.6 Å². The average molecular weight is 851 g/mol. The van der Waals surface area contributed by atoms with Crippen LogP contribution in [0, 0.1) is 0 Å². The molecule has 0 aliphatic rings. The fourth-order valence-electron chi connectivity index (χ4n) is 5.59. The number of halogens is 2. The molecule has 0 aliphatic carbocycles. The fraction of sp³-hybridized carbons (Fsp3) is 0.136. The SMILES string of the molecule is O=C(NCc1ccccc1)c1ccccc1OCCOc1ccc(Br)cc1-c1cc(Br)ccc1OCCOc1ccccc1C(=O)NCc1ccccc1. The Balaban J connectivity index is 1.06. The van der Waals surface area contributed by atoms with Crippen LogP contribution in [-0.4, -0.2) is 38.2 Å². The van der Waals surface area contributed by atoms with Crippen molar-refractivity contribution in [2.45, 2.75) is 13.1 Å². The van der Waals surface area contributed by atoms with E-state index in [1.54, 1.807) is 24.3 Å². The van der Waals surface area contributed by atoms with Gasteiger partial charge in [0.1, 0.15) is 49.4 Å². The van der Waals surface area contributed by atoms with Crippen LogP contribution in [0.5, 0.6) is 23.0 Å². The summed E-state index contributed by atoms with van der Waals surface area (Å²) in [5, 5.41) is 5.92. The molecule has 2 N–H and O–H groups in total. The molecule has 0 radical (unpaired) electrons. The molecular formula is C44H38Br2N2O6. The minimum Gasteiger partial charge on any atom is -0.489 e. The number of amides is 2. The number of nitrogens with one attached hydrogen (secondary N) is 2. The maximum absolute atomic E-state index is 13.0. The number of ether oxygens (including phenoxy) is 4. The quantitative estimate of drug-likeness (QED) is 0.0889. The second kappa shape index (κ2) is 19.5. The summed E-state index contributed by atoms with van der Waals surface area (Å²) in [5.74, 6) is 1.78. The van der Waals surface area contributed by atoms with Crippen LogP contribution in [-0.2, 0) is 13.1 Å². The summed E-state index contributed by atoms with van der Waals surface area (Å²) in [6.07, 6.45) is 0. The third kappa shape index (κ3) is 10.7. The third-order valence-corrected chi connectivity index (χ3v) is 9.21. The van der Waals surface area contributed by atoms with Crippen LogP contribution in [0.4, 0.5) is 0 Å². The van der Waals surface area contributed by atoms with Crippen molar-refractivity contribution in [3.8, 4) is 34.1 Å². The van der Waals surface area contributed by atoms with Gasteiger partial charge in [0.25, 0.3) is 11.8 Å². The Kier molecular flexibility index (Phi) is 13.8. The lowest BCUT2D eigenvalue weighted by Gasteiger charge is -2.17. The van der Waals surface area contributed by atoms with Gasteiger partial charge in [0.05, 0.1) is 11.1 Å². The average Bonchev–Trinajstić information content (AvgIpc) is 3.21. The Labute approximate surface area is 331 Å². The van der Waals surface area contributed by atoms with E-state index in [1.165, 1.54) is 0 Å². The molecule has 10 heteroatoms. The number of carbonyl (C=O) groups excluding carboxylic acids is 2. The first kappa shape index (κ1) is 38.2. The van der Waals surface area contributed by atoms with Crippen molar-refractivity contribution in [3.63, 3.8) is 0 Å². The molecule has 54 heavy (non-hydrogen) atoms. The molecule has 8 nitrogen and oxygen atoms in total. The molecule has 6 aromatic rings. The van der Waals surface area contributed by atoms with Crippen LogP contribution in [0.25, 0.3) is 11.1 Å². The van der Waals surface area contributed by atoms with Crippen LogP contribution >= 0.6 is 31.9 Å². The Hall–Kier alpha value is -5.58. The molecule has 6 aromatic carbocycles. The van der Waals surface area contributed by atoms with E-state index in [9.17, 15) is 9.59 Å². The highest BCUT2D eigenvalue weighted by atomic mass is 79.9. The Bertz CT molecular complexity index is 2010. The molecular weight excluding hydrogens is 812 g/mol. The number of para-hydroxylation sites is 2. The highest BCUT2D eigenvalue weighted by Crippen LogP contribution is 2.40. The van der Waals surface area contributed by atoms with Gasteiger partial charge in [0, 0.05) is 33.2 Å². The zero-order valence-electron chi connectivity index (χ0n) is 29.3. The molecule has 0 bridgehead atoms. The number of hydrogen-bond acceptors (Lipinski definition) is 6. The van der Waals surface area contributed by atoms with Crippen molar-refractivity contribution in [2.75, 3.05) is 26.4 Å². The molecule has 0 heterocycles. The molecule has 0 fully saturated rings. The largest absolute Gasteiger partial charge is 0.489 e. The minimum atomic E-state index is -0.216. The van der Waals surface area contributed by atoms with Crippen molar-refractivity contribution in [2.24, 2.45) is 0 Å². The van der Waals surface area contributed by atoms with Gasteiger partial charge < -0.3 is 29.6 Å². The van der Waals surface area contributed by atoms with Gasteiger partial charge in [-0.25, -0.2) is 0 Å². The smallest absolute Gasteiger partial charge is 0.255 e. The molecule has 0 aliphatic heterocycles. The number of carbonyl (C=O) groups is 2. The third-order valence-electron chi connectivity index (χ3n) is 8.23. The van der Waals surface area contributed by atoms with Crippen LogP contribution in [0.2, 0.25) is 0 Å². The zero-order valence-corrected chi connectivity index (χ0v) is 32.5. The number of rotatable bonds is 17. The summed E-state index contributed by atoms with van der Waals surface area (Å²) in [6.45, 7) is 1.71. The van der Waals surface area contributed by atoms with Gasteiger partial charge in [0.15, 0.2) is 0 Å². The van der Waals surface area contributed by atoms with Crippen molar-refractivity contribution in [1.82, 2.24) is 10.6 Å². The van der Waals surface area contributed by atoms with Crippen LogP contribution in [0.3, 0.4) is 0 Å². The number of hydrogen-bond donors (Lipinski definition) is 2. The topological polar surface area (TPSA) is 95.1 Å². The van der Waals surface area contributed by atoms with E-state index >= 15 is 0 Å². The molecule has 2 amide bonds. The lowest BCUT2D eigenvalue weighted by Crippen LogP contribution is -2.23. The van der Waals surface area contributed by atoms with E-state index in [2.05, 4.69) is 42.5 Å². The maximum Gasteiger partial charge on any atom is 0.255 e. The van der Waals surface area contributed by atoms with Crippen molar-refractivity contribution < 1.29 is 28.5 Å². The van der Waals surface area contributed by atoms with E-state index < -0.39 is 0 Å². The van der Waals surface area contributed by atoms with Gasteiger partial charge in [-0.05, 0) is 71.8 Å². The summed E-state index contributed by atoms with van der Waals surface area (Å²) in [5.41, 5.74) is 4.54. The van der Waals surface area contributed by atoms with E-state index in [-0.39, 0.29) is 38.2 Å². The number of benzene rings is 6. The second-order valence-electron chi connectivity index (χ2n) is 12.0. The molecule has 0 spiro atoms. The Morgan fingerprint density at radius 2 is 0.778 bits per heavy atom. The van der Waals surface area contributed by atoms with E-state index in [4.69, 9.17) is 18.9 Å². The Morgan fingerprint density at radius 1 is 0.426 bits per heavy atom. The van der Waals surface area contributed by atoms with Gasteiger partial charge in [0.2, 0.25) is 0 Å². The van der Waals surface area contributed by atoms with E-state index in [1.807, 2.05) is 121 Å². The fourth-order valence-corrected chi connectivity index (χ4v) is 6.31. The standard InChI is InChI=1S/C44H38Br2N2O6/c45-33-19-21-41(53-25-23-51-39-17-9-7-15-35(39)43(49)47-29-31-11-3-1-4-12-31)37(27-33)38-28-34(46)20-22-42(38)54-26-24-52-40-18-10-8-16-36(40)44(50)48-30-32-13-5-2-6-14-32/h1-22,27-28H,23-26,29-30H2,(H,47,49)(H,48,50). The van der Waals surface area contributed by atoms with E-state index in [0.717, 1.165) is 31.2 Å². The Morgan fingerprint density at radius 3 is 1.19 bits per heavy atom. The molecule has 0 saturated heterocycles. The highest BCUT2D eigenvalue weighted by molar-refractivity contribution is 9.10. The van der Waals surface area contributed by atoms with Crippen LogP contribution in [0.1, 0.15) is 31.8 Å². The first-order chi connectivity index (χ1) is 26.4. The highest BCUT2D eigenvalue weighted by Gasteiger charge is 2.16. The lowest BCUT2D eigenvalue weighted by molar-refractivity contribution is 0.0937. The second-order valence-corrected chi connectivity index (χ2v) is 13.8. The monoisotopic (exact) mass is 848 g/mol. The first-order valence-electron chi connectivity index (χ1n) is 17.4. The molecule has 0 aromatic heterocycles. The normalized spacial score (nSPS) is 10.6. The molecule has 6 rings (SSSR count). The minimum absolute atomic E-state index is 0.212. The zero-order chi connectivity index (χ0) is 37.5. The van der Waals surface area contributed by atoms with Gasteiger partial charge in [-0.1, -0.05) is 117 Å². The maximum atomic E-state index is 13.0. The predicted octanol–water partition coefficient (Wildman–Crippen LogP) is 9.65. The van der Waals surface area contributed by atoms with Crippen molar-refractivity contribution in [3.05, 3.63) is 177 Å². The summed E-state index contributed by atoms with van der Waals surface area (Å²) in [7, 11) is 0.